The summed E-state index contributed by atoms with van der Waals surface area (Å²) in [5.41, 5.74) is 1.42. The zero-order valence-electron chi connectivity index (χ0n) is 11.8. The molecule has 1 aliphatic rings. The lowest BCUT2D eigenvalue weighted by atomic mass is 10.0. The SMILES string of the molecule is Cc1c(C(=O)N2CCCCC2C(=O)O)oc2ccccc12. The van der Waals surface area contributed by atoms with Crippen LogP contribution in [0.5, 0.6) is 0 Å². The maximum Gasteiger partial charge on any atom is 0.326 e. The summed E-state index contributed by atoms with van der Waals surface area (Å²) in [4.78, 5) is 25.4. The Morgan fingerprint density at radius 3 is 2.76 bits per heavy atom. The molecule has 5 nitrogen and oxygen atoms in total. The van der Waals surface area contributed by atoms with Crippen LogP contribution in [0.3, 0.4) is 0 Å². The molecule has 1 fully saturated rings. The van der Waals surface area contributed by atoms with E-state index in [0.29, 0.717) is 18.5 Å². The molecule has 2 heterocycles. The number of aliphatic carboxylic acids is 1. The first-order valence-corrected chi connectivity index (χ1v) is 7.11. The molecule has 1 saturated heterocycles. The predicted octanol–water partition coefficient (Wildman–Crippen LogP) is 2.82. The van der Waals surface area contributed by atoms with Crippen molar-refractivity contribution in [1.82, 2.24) is 4.90 Å². The van der Waals surface area contributed by atoms with Gasteiger partial charge in [-0.15, -0.1) is 0 Å². The van der Waals surface area contributed by atoms with Gasteiger partial charge in [-0.25, -0.2) is 4.79 Å². The van der Waals surface area contributed by atoms with Gasteiger partial charge in [0.25, 0.3) is 5.91 Å². The second kappa shape index (κ2) is 5.24. The van der Waals surface area contributed by atoms with E-state index in [2.05, 4.69) is 0 Å². The van der Waals surface area contributed by atoms with Crippen LogP contribution >= 0.6 is 0 Å². The first kappa shape index (κ1) is 13.7. The van der Waals surface area contributed by atoms with E-state index in [4.69, 9.17) is 4.42 Å². The third-order valence-corrected chi connectivity index (χ3v) is 4.09. The van der Waals surface area contributed by atoms with Gasteiger partial charge in [0.1, 0.15) is 11.6 Å². The summed E-state index contributed by atoms with van der Waals surface area (Å²) in [6.45, 7) is 2.30. The summed E-state index contributed by atoms with van der Waals surface area (Å²) in [5, 5.41) is 10.2. The minimum atomic E-state index is -0.947. The molecular weight excluding hydrogens is 270 g/mol. The number of carboxylic acids is 1. The van der Waals surface area contributed by atoms with E-state index < -0.39 is 12.0 Å². The van der Waals surface area contributed by atoms with Crippen LogP contribution in [0, 0.1) is 6.92 Å². The fraction of sp³-hybridized carbons (Fsp3) is 0.375. The molecule has 5 heteroatoms. The molecule has 2 aromatic rings. The van der Waals surface area contributed by atoms with Crippen molar-refractivity contribution >= 4 is 22.8 Å². The Kier molecular flexibility index (Phi) is 3.41. The number of nitrogens with zero attached hydrogens (tertiary/aromatic N) is 1. The number of furan rings is 1. The molecule has 1 atom stereocenters. The summed E-state index contributed by atoms with van der Waals surface area (Å²) in [6, 6.07) is 6.69. The average molecular weight is 287 g/mol. The molecule has 21 heavy (non-hydrogen) atoms. The smallest absolute Gasteiger partial charge is 0.326 e. The quantitative estimate of drug-likeness (QED) is 0.922. The van der Waals surface area contributed by atoms with Crippen LogP contribution in [0.2, 0.25) is 0 Å². The summed E-state index contributed by atoms with van der Waals surface area (Å²) in [6.07, 6.45) is 2.16. The Balaban J connectivity index is 1.99. The number of hydrogen-bond acceptors (Lipinski definition) is 3. The Morgan fingerprint density at radius 2 is 2.05 bits per heavy atom. The van der Waals surface area contributed by atoms with Crippen molar-refractivity contribution in [3.05, 3.63) is 35.6 Å². The van der Waals surface area contributed by atoms with Crippen molar-refractivity contribution in [2.45, 2.75) is 32.2 Å². The summed E-state index contributed by atoms with van der Waals surface area (Å²) in [5.74, 6) is -1.02. The fourth-order valence-corrected chi connectivity index (χ4v) is 2.94. The lowest BCUT2D eigenvalue weighted by Gasteiger charge is -2.32. The highest BCUT2D eigenvalue weighted by Crippen LogP contribution is 2.28. The van der Waals surface area contributed by atoms with E-state index in [1.54, 1.807) is 0 Å². The number of aryl methyl sites for hydroxylation is 1. The van der Waals surface area contributed by atoms with Gasteiger partial charge in [0.05, 0.1) is 0 Å². The molecule has 1 unspecified atom stereocenters. The minimum absolute atomic E-state index is 0.254. The number of benzene rings is 1. The number of piperidine rings is 1. The Labute approximate surface area is 122 Å². The van der Waals surface area contributed by atoms with Crippen LogP contribution in [0.1, 0.15) is 35.4 Å². The van der Waals surface area contributed by atoms with Gasteiger partial charge in [-0.05, 0) is 32.3 Å². The lowest BCUT2D eigenvalue weighted by Crippen LogP contribution is -2.48. The molecule has 1 aliphatic heterocycles. The van der Waals surface area contributed by atoms with E-state index in [9.17, 15) is 14.7 Å². The number of likely N-dealkylation sites (tertiary alicyclic amines) is 1. The molecule has 0 spiro atoms. The van der Waals surface area contributed by atoms with Crippen LogP contribution in [-0.2, 0) is 4.79 Å². The van der Waals surface area contributed by atoms with Crippen molar-refractivity contribution < 1.29 is 19.1 Å². The second-order valence-corrected chi connectivity index (χ2v) is 5.40. The zero-order chi connectivity index (χ0) is 15.0. The van der Waals surface area contributed by atoms with Crippen LogP contribution in [0.15, 0.2) is 28.7 Å². The summed E-state index contributed by atoms with van der Waals surface area (Å²) < 4.78 is 5.66. The number of carbonyl (C=O) groups is 2. The number of rotatable bonds is 2. The summed E-state index contributed by atoms with van der Waals surface area (Å²) >= 11 is 0. The number of amides is 1. The first-order chi connectivity index (χ1) is 10.1. The minimum Gasteiger partial charge on any atom is -0.480 e. The van der Waals surface area contributed by atoms with Gasteiger partial charge >= 0.3 is 5.97 Å². The molecule has 0 saturated carbocycles. The first-order valence-electron chi connectivity index (χ1n) is 7.11. The molecule has 0 bridgehead atoms. The van der Waals surface area contributed by atoms with Gasteiger partial charge in [-0.2, -0.15) is 0 Å². The number of fused-ring (bicyclic) bond motifs is 1. The third-order valence-electron chi connectivity index (χ3n) is 4.09. The summed E-state index contributed by atoms with van der Waals surface area (Å²) in [7, 11) is 0. The van der Waals surface area contributed by atoms with Crippen molar-refractivity contribution in [2.75, 3.05) is 6.54 Å². The molecule has 1 aromatic carbocycles. The second-order valence-electron chi connectivity index (χ2n) is 5.40. The van der Waals surface area contributed by atoms with Gasteiger partial charge in [-0.3, -0.25) is 4.79 Å². The number of carboxylic acid groups (broad SMARTS) is 1. The van der Waals surface area contributed by atoms with E-state index in [1.165, 1.54) is 4.90 Å². The van der Waals surface area contributed by atoms with Crippen LogP contribution in [0.4, 0.5) is 0 Å². The van der Waals surface area contributed by atoms with E-state index in [1.807, 2.05) is 31.2 Å². The number of carbonyl (C=O) groups excluding carboxylic acids is 1. The Hall–Kier alpha value is -2.30. The van der Waals surface area contributed by atoms with Gasteiger partial charge in [-0.1, -0.05) is 18.2 Å². The van der Waals surface area contributed by atoms with Crippen molar-refractivity contribution in [3.63, 3.8) is 0 Å². The third kappa shape index (κ3) is 2.28. The molecule has 0 radical (unpaired) electrons. The van der Waals surface area contributed by atoms with Gasteiger partial charge < -0.3 is 14.4 Å². The normalized spacial score (nSPS) is 18.9. The Bertz CT molecular complexity index is 703. The largest absolute Gasteiger partial charge is 0.480 e. The molecule has 0 aliphatic carbocycles. The van der Waals surface area contributed by atoms with E-state index >= 15 is 0 Å². The zero-order valence-corrected chi connectivity index (χ0v) is 11.8. The van der Waals surface area contributed by atoms with Gasteiger partial charge in [0, 0.05) is 17.5 Å². The fourth-order valence-electron chi connectivity index (χ4n) is 2.94. The number of para-hydroxylation sites is 1. The molecule has 1 N–H and O–H groups in total. The molecule has 1 amide bonds. The van der Waals surface area contributed by atoms with Crippen molar-refractivity contribution in [3.8, 4) is 0 Å². The average Bonchev–Trinajstić information content (AvgIpc) is 2.84. The lowest BCUT2D eigenvalue weighted by molar-refractivity contribution is -0.143. The molecule has 3 rings (SSSR count). The van der Waals surface area contributed by atoms with Crippen LogP contribution < -0.4 is 0 Å². The highest BCUT2D eigenvalue weighted by atomic mass is 16.4. The van der Waals surface area contributed by atoms with Crippen LogP contribution in [-0.4, -0.2) is 34.5 Å². The van der Waals surface area contributed by atoms with Crippen molar-refractivity contribution in [1.29, 1.82) is 0 Å². The number of hydrogen-bond donors (Lipinski definition) is 1. The van der Waals surface area contributed by atoms with E-state index in [-0.39, 0.29) is 11.7 Å². The highest BCUT2D eigenvalue weighted by Gasteiger charge is 2.34. The standard InChI is InChI=1S/C16H17NO4/c1-10-11-6-2-3-8-13(11)21-14(10)15(18)17-9-5-4-7-12(17)16(19)20/h2-3,6,8,12H,4-5,7,9H2,1H3,(H,19,20). The van der Waals surface area contributed by atoms with Crippen LogP contribution in [0.25, 0.3) is 11.0 Å². The molecule has 1 aromatic heterocycles. The Morgan fingerprint density at radius 1 is 1.29 bits per heavy atom. The topological polar surface area (TPSA) is 70.8 Å². The maximum absolute atomic E-state index is 12.7. The van der Waals surface area contributed by atoms with Gasteiger partial charge in [0.15, 0.2) is 5.76 Å². The predicted molar refractivity (Wildman–Crippen MR) is 77.3 cm³/mol. The highest BCUT2D eigenvalue weighted by molar-refractivity contribution is 6.00. The monoisotopic (exact) mass is 287 g/mol. The molecule has 110 valence electrons. The molecular formula is C16H17NO4. The van der Waals surface area contributed by atoms with Crippen molar-refractivity contribution in [2.24, 2.45) is 0 Å². The van der Waals surface area contributed by atoms with E-state index in [0.717, 1.165) is 23.8 Å². The maximum atomic E-state index is 12.7. The van der Waals surface area contributed by atoms with Gasteiger partial charge in [0.2, 0.25) is 0 Å².